The van der Waals surface area contributed by atoms with Gasteiger partial charge in [0.2, 0.25) is 17.1 Å². The Kier molecular flexibility index (Phi) is 4.84. The zero-order valence-corrected chi connectivity index (χ0v) is 16.4. The summed E-state index contributed by atoms with van der Waals surface area (Å²) in [6.45, 7) is 0. The molecule has 3 aromatic heterocycles. The summed E-state index contributed by atoms with van der Waals surface area (Å²) in [4.78, 5) is 8.41. The van der Waals surface area contributed by atoms with Gasteiger partial charge in [-0.15, -0.1) is 0 Å². The minimum atomic E-state index is 1.07. The fourth-order valence-electron chi connectivity index (χ4n) is 3.72. The Morgan fingerprint density at radius 2 is 0.900 bits per heavy atom. The summed E-state index contributed by atoms with van der Waals surface area (Å²) in [6.07, 6.45) is 7.35. The predicted molar refractivity (Wildman–Crippen MR) is 120 cm³/mol. The smallest absolute Gasteiger partial charge is 0.219 e. The van der Waals surface area contributed by atoms with E-state index in [0.29, 0.717) is 0 Å². The third-order valence-electron chi connectivity index (χ3n) is 5.14. The lowest BCUT2D eigenvalue weighted by Crippen LogP contribution is -2.36. The highest BCUT2D eigenvalue weighted by atomic mass is 15.0. The molecule has 0 aliphatic carbocycles. The average molecular weight is 386 g/mol. The third-order valence-corrected chi connectivity index (χ3v) is 5.14. The average Bonchev–Trinajstić information content (AvgIpc) is 2.85. The molecule has 0 aliphatic heterocycles. The molecule has 0 saturated carbocycles. The van der Waals surface area contributed by atoms with Crippen molar-refractivity contribution in [2.24, 2.45) is 0 Å². The minimum Gasteiger partial charge on any atom is -0.265 e. The van der Waals surface area contributed by atoms with Gasteiger partial charge in [-0.25, -0.2) is 0 Å². The van der Waals surface area contributed by atoms with Crippen LogP contribution in [0, 0.1) is 0 Å². The summed E-state index contributed by atoms with van der Waals surface area (Å²) in [5, 5.41) is 0. The highest BCUT2D eigenvalue weighted by molar-refractivity contribution is 5.74. The Bertz CT molecular complexity index is 1190. The molecular weight excluding hydrogens is 366 g/mol. The maximum Gasteiger partial charge on any atom is 0.219 e. The molecule has 0 unspecified atom stereocenters. The molecule has 0 bridgehead atoms. The van der Waals surface area contributed by atoms with E-state index in [9.17, 15) is 0 Å². The van der Waals surface area contributed by atoms with E-state index in [-0.39, 0.29) is 0 Å². The number of pyridine rings is 3. The van der Waals surface area contributed by atoms with Gasteiger partial charge in [0.25, 0.3) is 0 Å². The summed E-state index contributed by atoms with van der Waals surface area (Å²) >= 11 is 0. The second kappa shape index (κ2) is 8.10. The fourth-order valence-corrected chi connectivity index (χ4v) is 3.72. The van der Waals surface area contributed by atoms with Crippen LogP contribution in [0.3, 0.4) is 0 Å². The molecule has 0 spiro atoms. The van der Waals surface area contributed by atoms with Gasteiger partial charge >= 0.3 is 0 Å². The number of benzene rings is 2. The lowest BCUT2D eigenvalue weighted by molar-refractivity contribution is -0.572. The molecule has 3 heterocycles. The topological polar surface area (TPSA) is 29.7 Å². The van der Waals surface area contributed by atoms with Crippen molar-refractivity contribution in [2.75, 3.05) is 0 Å². The van der Waals surface area contributed by atoms with Crippen molar-refractivity contribution >= 4 is 0 Å². The van der Waals surface area contributed by atoms with Crippen molar-refractivity contribution in [3.05, 3.63) is 122 Å². The number of hydrogen-bond acceptors (Lipinski definition) is 2. The molecule has 3 nitrogen and oxygen atoms in total. The molecule has 2 aromatic carbocycles. The van der Waals surface area contributed by atoms with E-state index < -0.39 is 0 Å². The van der Waals surface area contributed by atoms with Crippen LogP contribution in [0.1, 0.15) is 0 Å². The molecular formula is C27H20N3+. The van der Waals surface area contributed by atoms with E-state index in [1.165, 1.54) is 0 Å². The second-order valence-corrected chi connectivity index (χ2v) is 7.02. The molecule has 0 aliphatic rings. The van der Waals surface area contributed by atoms with Gasteiger partial charge in [0.05, 0.1) is 0 Å². The second-order valence-electron chi connectivity index (χ2n) is 7.02. The fraction of sp³-hybridized carbons (Fsp3) is 0. The summed E-state index contributed by atoms with van der Waals surface area (Å²) in [5.41, 5.74) is 7.92. The van der Waals surface area contributed by atoms with Crippen LogP contribution in [0.15, 0.2) is 122 Å². The lowest BCUT2D eigenvalue weighted by Gasteiger charge is -2.12. The highest BCUT2D eigenvalue weighted by Crippen LogP contribution is 2.30. The summed E-state index contributed by atoms with van der Waals surface area (Å²) in [6, 6.07) is 33.7. The summed E-state index contributed by atoms with van der Waals surface area (Å²) in [5.74, 6) is 0. The molecule has 0 fully saturated rings. The zero-order valence-electron chi connectivity index (χ0n) is 16.4. The van der Waals surface area contributed by atoms with Gasteiger partial charge in [0, 0.05) is 60.2 Å². The van der Waals surface area contributed by atoms with Crippen LogP contribution < -0.4 is 4.57 Å². The van der Waals surface area contributed by atoms with Gasteiger partial charge in [-0.1, -0.05) is 36.4 Å². The maximum absolute atomic E-state index is 4.22. The van der Waals surface area contributed by atoms with E-state index in [2.05, 4.69) is 87.3 Å². The number of hydrogen-bond donors (Lipinski definition) is 0. The van der Waals surface area contributed by atoms with E-state index in [0.717, 1.165) is 39.3 Å². The Morgan fingerprint density at radius 3 is 1.40 bits per heavy atom. The van der Waals surface area contributed by atoms with Crippen LogP contribution in [0.4, 0.5) is 0 Å². The first-order chi connectivity index (χ1) is 14.9. The molecule has 5 aromatic rings. The maximum atomic E-state index is 4.22. The van der Waals surface area contributed by atoms with Gasteiger partial charge in [-0.05, 0) is 47.5 Å². The molecule has 3 heteroatoms. The van der Waals surface area contributed by atoms with Crippen molar-refractivity contribution in [2.45, 2.75) is 0 Å². The first-order valence-corrected chi connectivity index (χ1v) is 9.92. The molecule has 0 saturated heterocycles. The first kappa shape index (κ1) is 18.0. The van der Waals surface area contributed by atoms with Gasteiger partial charge in [0.1, 0.15) is 0 Å². The first-order valence-electron chi connectivity index (χ1n) is 9.92. The van der Waals surface area contributed by atoms with Crippen LogP contribution in [-0.4, -0.2) is 9.97 Å². The zero-order chi connectivity index (χ0) is 20.2. The Balaban J connectivity index is 1.88. The third kappa shape index (κ3) is 3.49. The van der Waals surface area contributed by atoms with Gasteiger partial charge in [-0.2, -0.15) is 4.57 Å². The quantitative estimate of drug-likeness (QED) is 0.368. The minimum absolute atomic E-state index is 1.07. The molecule has 30 heavy (non-hydrogen) atoms. The van der Waals surface area contributed by atoms with Crippen molar-refractivity contribution in [1.82, 2.24) is 9.97 Å². The number of nitrogens with zero attached hydrogens (tertiary/aromatic N) is 3. The van der Waals surface area contributed by atoms with E-state index in [1.54, 1.807) is 0 Å². The summed E-state index contributed by atoms with van der Waals surface area (Å²) in [7, 11) is 0. The summed E-state index contributed by atoms with van der Waals surface area (Å²) < 4.78 is 2.30. The Morgan fingerprint density at radius 1 is 0.433 bits per heavy atom. The van der Waals surface area contributed by atoms with E-state index >= 15 is 0 Å². The lowest BCUT2D eigenvalue weighted by atomic mass is 9.99. The number of rotatable bonds is 4. The van der Waals surface area contributed by atoms with E-state index in [1.807, 2.05) is 49.1 Å². The Hall–Kier alpha value is -4.11. The van der Waals surface area contributed by atoms with E-state index in [4.69, 9.17) is 0 Å². The van der Waals surface area contributed by atoms with Crippen LogP contribution in [-0.2, 0) is 0 Å². The normalized spacial score (nSPS) is 10.7. The Labute approximate surface area is 176 Å². The largest absolute Gasteiger partial charge is 0.265 e. The molecule has 0 radical (unpaired) electrons. The highest BCUT2D eigenvalue weighted by Gasteiger charge is 2.24. The number of aromatic nitrogens is 3. The van der Waals surface area contributed by atoms with Crippen molar-refractivity contribution in [3.63, 3.8) is 0 Å². The predicted octanol–water partition coefficient (Wildman–Crippen LogP) is 5.75. The monoisotopic (exact) mass is 386 g/mol. The van der Waals surface area contributed by atoms with Gasteiger partial charge in [-0.3, -0.25) is 9.97 Å². The molecule has 0 amide bonds. The van der Waals surface area contributed by atoms with Gasteiger partial charge < -0.3 is 0 Å². The SMILES string of the molecule is c1ccc(-c2cc(-c3ccncc3)cc(-c3ccccc3)[n+]2-c2ccncc2)cc1. The van der Waals surface area contributed by atoms with Crippen LogP contribution in [0.5, 0.6) is 0 Å². The molecule has 5 rings (SSSR count). The van der Waals surface area contributed by atoms with Crippen LogP contribution in [0.25, 0.3) is 39.3 Å². The molecule has 0 atom stereocenters. The van der Waals surface area contributed by atoms with Crippen LogP contribution >= 0.6 is 0 Å². The standard InChI is InChI=1S/C27H20N3/c1-3-7-22(8-4-1)26-19-24(21-11-15-28-16-12-21)20-27(23-9-5-2-6-10-23)30(26)25-13-17-29-18-14-25/h1-20H/q+1. The van der Waals surface area contributed by atoms with Crippen molar-refractivity contribution in [3.8, 4) is 39.3 Å². The molecule has 0 N–H and O–H groups in total. The van der Waals surface area contributed by atoms with Crippen molar-refractivity contribution in [1.29, 1.82) is 0 Å². The van der Waals surface area contributed by atoms with Crippen LogP contribution in [0.2, 0.25) is 0 Å². The van der Waals surface area contributed by atoms with Crippen molar-refractivity contribution < 1.29 is 4.57 Å². The van der Waals surface area contributed by atoms with Gasteiger partial charge in [0.15, 0.2) is 0 Å². The molecule has 142 valence electrons.